The minimum absolute atomic E-state index is 0.0656. The minimum atomic E-state index is -3.79. The summed E-state index contributed by atoms with van der Waals surface area (Å²) in [6.07, 6.45) is 1.60. The van der Waals surface area contributed by atoms with Gasteiger partial charge in [0.1, 0.15) is 10.6 Å². The van der Waals surface area contributed by atoms with E-state index in [4.69, 9.17) is 4.74 Å². The van der Waals surface area contributed by atoms with Crippen LogP contribution >= 0.6 is 0 Å². The number of carbonyl (C=O) groups is 2. The fourth-order valence-corrected chi connectivity index (χ4v) is 4.05. The van der Waals surface area contributed by atoms with E-state index in [-0.39, 0.29) is 28.3 Å². The van der Waals surface area contributed by atoms with Crippen molar-refractivity contribution in [1.29, 1.82) is 0 Å². The fraction of sp³-hybridized carbons (Fsp3) is 0.263. The molecule has 1 aliphatic carbocycles. The standard InChI is InChI=1S/C19H22N4O5S/c1-20-19(25)22-14-6-4-13(5-7-14)21-18(24)12-3-10-16(28-2)17(11-12)29(26,27)23-15-8-9-15/h3-7,10-11,15,23H,8-9H2,1-2H3,(H,21,24)(H2,20,22,25). The second-order valence-electron chi connectivity index (χ2n) is 6.50. The van der Waals surface area contributed by atoms with E-state index in [1.165, 1.54) is 32.4 Å². The molecule has 2 aromatic rings. The molecule has 1 aliphatic rings. The van der Waals surface area contributed by atoms with Crippen molar-refractivity contribution in [3.63, 3.8) is 0 Å². The molecule has 2 aromatic carbocycles. The Morgan fingerprint density at radius 2 is 1.62 bits per heavy atom. The van der Waals surface area contributed by atoms with Crippen LogP contribution in [-0.2, 0) is 10.0 Å². The van der Waals surface area contributed by atoms with Gasteiger partial charge in [-0.1, -0.05) is 0 Å². The lowest BCUT2D eigenvalue weighted by Crippen LogP contribution is -2.26. The number of urea groups is 1. The first kappa shape index (κ1) is 20.6. The Hall–Kier alpha value is -3.11. The van der Waals surface area contributed by atoms with Crippen LogP contribution < -0.4 is 25.4 Å². The molecule has 1 fully saturated rings. The normalized spacial score (nSPS) is 13.4. The van der Waals surface area contributed by atoms with Crippen LogP contribution in [0.3, 0.4) is 0 Å². The van der Waals surface area contributed by atoms with Crippen molar-refractivity contribution in [3.05, 3.63) is 48.0 Å². The van der Waals surface area contributed by atoms with Gasteiger partial charge in [0.25, 0.3) is 5.91 Å². The molecule has 0 spiro atoms. The third-order valence-corrected chi connectivity index (χ3v) is 5.78. The Bertz CT molecular complexity index is 1020. The van der Waals surface area contributed by atoms with E-state index in [1.54, 1.807) is 24.3 Å². The molecule has 9 nitrogen and oxygen atoms in total. The summed E-state index contributed by atoms with van der Waals surface area (Å²) in [4.78, 5) is 23.8. The number of anilines is 2. The number of hydrogen-bond acceptors (Lipinski definition) is 5. The Labute approximate surface area is 168 Å². The molecular weight excluding hydrogens is 396 g/mol. The quantitative estimate of drug-likeness (QED) is 0.548. The predicted molar refractivity (Wildman–Crippen MR) is 109 cm³/mol. The molecule has 0 atom stereocenters. The van der Waals surface area contributed by atoms with Crippen molar-refractivity contribution < 1.29 is 22.7 Å². The van der Waals surface area contributed by atoms with Gasteiger partial charge in [0, 0.05) is 30.0 Å². The number of sulfonamides is 1. The largest absolute Gasteiger partial charge is 0.495 e. The van der Waals surface area contributed by atoms with Crippen molar-refractivity contribution in [1.82, 2.24) is 10.0 Å². The molecule has 154 valence electrons. The number of amides is 3. The van der Waals surface area contributed by atoms with Crippen molar-refractivity contribution in [2.75, 3.05) is 24.8 Å². The first-order chi connectivity index (χ1) is 13.8. The highest BCUT2D eigenvalue weighted by Crippen LogP contribution is 2.28. The summed E-state index contributed by atoms with van der Waals surface area (Å²) in [5.74, 6) is -0.304. The highest BCUT2D eigenvalue weighted by molar-refractivity contribution is 7.89. The zero-order valence-corrected chi connectivity index (χ0v) is 16.8. The van der Waals surface area contributed by atoms with E-state index < -0.39 is 15.9 Å². The molecule has 3 amide bonds. The maximum Gasteiger partial charge on any atom is 0.318 e. The van der Waals surface area contributed by atoms with E-state index >= 15 is 0 Å². The Morgan fingerprint density at radius 1 is 1.00 bits per heavy atom. The van der Waals surface area contributed by atoms with Crippen LogP contribution in [0, 0.1) is 0 Å². The summed E-state index contributed by atoms with van der Waals surface area (Å²) in [7, 11) is -0.908. The van der Waals surface area contributed by atoms with Crippen LogP contribution in [-0.4, -0.2) is 40.6 Å². The second kappa shape index (κ2) is 8.50. The van der Waals surface area contributed by atoms with Crippen LogP contribution in [0.15, 0.2) is 47.4 Å². The Morgan fingerprint density at radius 3 is 2.17 bits per heavy atom. The van der Waals surface area contributed by atoms with Crippen LogP contribution in [0.25, 0.3) is 0 Å². The molecule has 0 radical (unpaired) electrons. The fourth-order valence-electron chi connectivity index (χ4n) is 2.55. The molecule has 0 aliphatic heterocycles. The van der Waals surface area contributed by atoms with Crippen molar-refractivity contribution in [2.24, 2.45) is 0 Å². The number of benzene rings is 2. The van der Waals surface area contributed by atoms with Gasteiger partial charge in [-0.25, -0.2) is 17.9 Å². The number of carbonyl (C=O) groups excluding carboxylic acids is 2. The van der Waals surface area contributed by atoms with E-state index in [9.17, 15) is 18.0 Å². The van der Waals surface area contributed by atoms with Gasteiger partial charge in [-0.3, -0.25) is 4.79 Å². The summed E-state index contributed by atoms with van der Waals surface area (Å²) in [5.41, 5.74) is 1.23. The number of rotatable bonds is 7. The highest BCUT2D eigenvalue weighted by Gasteiger charge is 2.30. The lowest BCUT2D eigenvalue weighted by molar-refractivity contribution is 0.102. The monoisotopic (exact) mass is 418 g/mol. The summed E-state index contributed by atoms with van der Waals surface area (Å²) in [6.45, 7) is 0. The smallest absolute Gasteiger partial charge is 0.318 e. The van der Waals surface area contributed by atoms with E-state index in [0.717, 1.165) is 12.8 Å². The third kappa shape index (κ3) is 5.24. The minimum Gasteiger partial charge on any atom is -0.495 e. The number of nitrogens with one attached hydrogen (secondary N) is 4. The van der Waals surface area contributed by atoms with Gasteiger partial charge in [-0.05, 0) is 55.3 Å². The number of methoxy groups -OCH3 is 1. The molecule has 3 rings (SSSR count). The molecule has 1 saturated carbocycles. The van der Waals surface area contributed by atoms with Gasteiger partial charge in [0.15, 0.2) is 0 Å². The molecule has 10 heteroatoms. The van der Waals surface area contributed by atoms with Crippen LogP contribution in [0.5, 0.6) is 5.75 Å². The number of ether oxygens (including phenoxy) is 1. The van der Waals surface area contributed by atoms with E-state index in [1.807, 2.05) is 0 Å². The zero-order valence-electron chi connectivity index (χ0n) is 16.0. The van der Waals surface area contributed by atoms with E-state index in [2.05, 4.69) is 20.7 Å². The lowest BCUT2D eigenvalue weighted by Gasteiger charge is -2.12. The SMILES string of the molecule is CNC(=O)Nc1ccc(NC(=O)c2ccc(OC)c(S(=O)(=O)NC3CC3)c2)cc1. The van der Waals surface area contributed by atoms with Crippen molar-refractivity contribution in [3.8, 4) is 5.75 Å². The molecule has 0 bridgehead atoms. The summed E-state index contributed by atoms with van der Waals surface area (Å²) in [5, 5.41) is 7.75. The average molecular weight is 418 g/mol. The van der Waals surface area contributed by atoms with Crippen LogP contribution in [0.4, 0.5) is 16.2 Å². The van der Waals surface area contributed by atoms with Gasteiger partial charge >= 0.3 is 6.03 Å². The van der Waals surface area contributed by atoms with E-state index in [0.29, 0.717) is 11.4 Å². The molecule has 0 heterocycles. The topological polar surface area (TPSA) is 126 Å². The Kier molecular flexibility index (Phi) is 6.04. The average Bonchev–Trinajstić information content (AvgIpc) is 3.52. The number of hydrogen-bond donors (Lipinski definition) is 4. The van der Waals surface area contributed by atoms with Crippen molar-refractivity contribution in [2.45, 2.75) is 23.8 Å². The zero-order chi connectivity index (χ0) is 21.0. The molecule has 0 saturated heterocycles. The van der Waals surface area contributed by atoms with Gasteiger partial charge in [0.2, 0.25) is 10.0 Å². The molecule has 0 aromatic heterocycles. The second-order valence-corrected chi connectivity index (χ2v) is 8.18. The molecule has 0 unspecified atom stereocenters. The molecular formula is C19H22N4O5S. The molecule has 4 N–H and O–H groups in total. The lowest BCUT2D eigenvalue weighted by atomic mass is 10.2. The van der Waals surface area contributed by atoms with Crippen LogP contribution in [0.2, 0.25) is 0 Å². The van der Waals surface area contributed by atoms with Gasteiger partial charge < -0.3 is 20.7 Å². The molecule has 29 heavy (non-hydrogen) atoms. The van der Waals surface area contributed by atoms with Crippen molar-refractivity contribution >= 4 is 33.3 Å². The maximum absolute atomic E-state index is 12.6. The van der Waals surface area contributed by atoms with Crippen LogP contribution in [0.1, 0.15) is 23.2 Å². The van der Waals surface area contributed by atoms with Gasteiger partial charge in [-0.15, -0.1) is 0 Å². The summed E-state index contributed by atoms with van der Waals surface area (Å²) < 4.78 is 32.9. The highest BCUT2D eigenvalue weighted by atomic mass is 32.2. The predicted octanol–water partition coefficient (Wildman–Crippen LogP) is 2.14. The summed E-state index contributed by atoms with van der Waals surface area (Å²) in [6, 6.07) is 10.3. The van der Waals surface area contributed by atoms with Gasteiger partial charge in [-0.2, -0.15) is 0 Å². The first-order valence-electron chi connectivity index (χ1n) is 8.93. The maximum atomic E-state index is 12.6. The van der Waals surface area contributed by atoms with Gasteiger partial charge in [0.05, 0.1) is 7.11 Å². The Balaban J connectivity index is 1.77. The first-order valence-corrected chi connectivity index (χ1v) is 10.4. The third-order valence-electron chi connectivity index (χ3n) is 4.24. The summed E-state index contributed by atoms with van der Waals surface area (Å²) >= 11 is 0.